The molecule has 0 saturated carbocycles. The molecule has 1 aromatic rings. The summed E-state index contributed by atoms with van der Waals surface area (Å²) in [6.07, 6.45) is -2.79. The summed E-state index contributed by atoms with van der Waals surface area (Å²) in [6.45, 7) is 3.64. The van der Waals surface area contributed by atoms with Crippen LogP contribution in [-0.4, -0.2) is 38.4 Å². The fraction of sp³-hybridized carbons (Fsp3) is 0.643. The van der Waals surface area contributed by atoms with Crippen LogP contribution in [0.5, 0.6) is 0 Å². The van der Waals surface area contributed by atoms with Crippen LogP contribution in [0.4, 0.5) is 13.2 Å². The van der Waals surface area contributed by atoms with Crippen LogP contribution in [0.25, 0.3) is 0 Å². The Bertz CT molecular complexity index is 419. The summed E-state index contributed by atoms with van der Waals surface area (Å²) in [5.41, 5.74) is 0. The first kappa shape index (κ1) is 18.3. The smallest absolute Gasteiger partial charge is 0.390 e. The molecule has 0 atom stereocenters. The van der Waals surface area contributed by atoms with Crippen LogP contribution in [0.15, 0.2) is 27.8 Å². The number of halogens is 3. The number of hydrogen-bond acceptors (Lipinski definition) is 3. The zero-order chi connectivity index (χ0) is 16.3. The van der Waals surface area contributed by atoms with Gasteiger partial charge in [-0.1, -0.05) is 0 Å². The Morgan fingerprint density at radius 1 is 1.36 bits per heavy atom. The highest BCUT2D eigenvalue weighted by molar-refractivity contribution is 5.79. The number of furan rings is 1. The van der Waals surface area contributed by atoms with E-state index in [1.54, 1.807) is 12.3 Å². The van der Waals surface area contributed by atoms with Crippen LogP contribution < -0.4 is 10.6 Å². The van der Waals surface area contributed by atoms with Crippen LogP contribution in [0.3, 0.4) is 0 Å². The molecule has 0 fully saturated rings. The van der Waals surface area contributed by atoms with E-state index in [2.05, 4.69) is 15.6 Å². The number of hydrogen-bond donors (Lipinski definition) is 2. The summed E-state index contributed by atoms with van der Waals surface area (Å²) in [7, 11) is 0. The van der Waals surface area contributed by atoms with Crippen LogP contribution >= 0.6 is 0 Å². The van der Waals surface area contributed by atoms with E-state index in [-0.39, 0.29) is 6.54 Å². The van der Waals surface area contributed by atoms with Gasteiger partial charge in [0.2, 0.25) is 0 Å². The van der Waals surface area contributed by atoms with Gasteiger partial charge in [0.25, 0.3) is 0 Å². The molecule has 1 aromatic heterocycles. The van der Waals surface area contributed by atoms with Gasteiger partial charge in [0.15, 0.2) is 5.96 Å². The Morgan fingerprint density at radius 2 is 2.18 bits per heavy atom. The van der Waals surface area contributed by atoms with Gasteiger partial charge in [-0.2, -0.15) is 13.2 Å². The average molecular weight is 321 g/mol. The number of guanidine groups is 1. The number of nitrogens with one attached hydrogen (secondary N) is 2. The van der Waals surface area contributed by atoms with Gasteiger partial charge in [0.05, 0.1) is 12.7 Å². The average Bonchev–Trinajstić information content (AvgIpc) is 2.94. The van der Waals surface area contributed by atoms with Crippen LogP contribution in [0.1, 0.15) is 25.5 Å². The number of alkyl halides is 3. The van der Waals surface area contributed by atoms with Crippen molar-refractivity contribution in [1.29, 1.82) is 0 Å². The monoisotopic (exact) mass is 321 g/mol. The molecule has 5 nitrogen and oxygen atoms in total. The van der Waals surface area contributed by atoms with Crippen molar-refractivity contribution in [3.05, 3.63) is 24.2 Å². The standard InChI is InChI=1S/C14H22F3N3O2/c1-2-18-13(20-8-6-14(15,16)17)19-7-4-9-21-11-12-5-3-10-22-12/h3,5,10H,2,4,6-9,11H2,1H3,(H2,18,19,20). The number of rotatable bonds is 9. The molecule has 0 aliphatic carbocycles. The molecule has 2 N–H and O–H groups in total. The van der Waals surface area contributed by atoms with Crippen LogP contribution in [-0.2, 0) is 11.3 Å². The summed E-state index contributed by atoms with van der Waals surface area (Å²) in [5, 5.41) is 5.55. The molecule has 8 heteroatoms. The molecule has 0 aliphatic heterocycles. The highest BCUT2D eigenvalue weighted by Gasteiger charge is 2.26. The van der Waals surface area contributed by atoms with Gasteiger partial charge in [-0.3, -0.25) is 4.99 Å². The predicted octanol–water partition coefficient (Wildman–Crippen LogP) is 2.69. The Hall–Kier alpha value is -1.70. The second kappa shape index (κ2) is 10.1. The summed E-state index contributed by atoms with van der Waals surface area (Å²) in [6, 6.07) is 3.62. The fourth-order valence-corrected chi connectivity index (χ4v) is 1.59. The molecule has 0 radical (unpaired) electrons. The van der Waals surface area contributed by atoms with Crippen LogP contribution in [0.2, 0.25) is 0 Å². The largest absolute Gasteiger partial charge is 0.467 e. The van der Waals surface area contributed by atoms with Crippen molar-refractivity contribution < 1.29 is 22.3 Å². The lowest BCUT2D eigenvalue weighted by Gasteiger charge is -2.12. The van der Waals surface area contributed by atoms with Crippen molar-refractivity contribution in [2.24, 2.45) is 4.99 Å². The van der Waals surface area contributed by atoms with E-state index in [1.165, 1.54) is 0 Å². The third kappa shape index (κ3) is 9.28. The third-order valence-electron chi connectivity index (χ3n) is 2.59. The highest BCUT2D eigenvalue weighted by atomic mass is 19.4. The summed E-state index contributed by atoms with van der Waals surface area (Å²) >= 11 is 0. The minimum atomic E-state index is -4.16. The normalized spacial score (nSPS) is 12.5. The molecule has 1 heterocycles. The van der Waals surface area contributed by atoms with Crippen molar-refractivity contribution in [1.82, 2.24) is 10.6 Å². The lowest BCUT2D eigenvalue weighted by atomic mass is 10.4. The van der Waals surface area contributed by atoms with E-state index >= 15 is 0 Å². The second-order valence-electron chi connectivity index (χ2n) is 4.54. The molecular formula is C14H22F3N3O2. The van der Waals surface area contributed by atoms with Gasteiger partial charge in [0.1, 0.15) is 12.4 Å². The van der Waals surface area contributed by atoms with E-state index in [9.17, 15) is 13.2 Å². The van der Waals surface area contributed by atoms with E-state index in [0.29, 0.717) is 38.7 Å². The maximum atomic E-state index is 12.1. The maximum Gasteiger partial charge on any atom is 0.390 e. The zero-order valence-electron chi connectivity index (χ0n) is 12.6. The number of aliphatic imine (C=N–C) groups is 1. The SMILES string of the molecule is CCNC(=NCCCOCc1ccco1)NCCC(F)(F)F. The lowest BCUT2D eigenvalue weighted by molar-refractivity contribution is -0.132. The first-order chi connectivity index (χ1) is 10.5. The van der Waals surface area contributed by atoms with Gasteiger partial charge in [0, 0.05) is 26.2 Å². The molecule has 22 heavy (non-hydrogen) atoms. The zero-order valence-corrected chi connectivity index (χ0v) is 12.6. The lowest BCUT2D eigenvalue weighted by Crippen LogP contribution is -2.39. The van der Waals surface area contributed by atoms with Crippen molar-refractivity contribution >= 4 is 5.96 Å². The van der Waals surface area contributed by atoms with Gasteiger partial charge in [-0.25, -0.2) is 0 Å². The minimum Gasteiger partial charge on any atom is -0.467 e. The van der Waals surface area contributed by atoms with Gasteiger partial charge in [-0.15, -0.1) is 0 Å². The molecule has 126 valence electrons. The minimum absolute atomic E-state index is 0.190. The molecule has 1 rings (SSSR count). The van der Waals surface area contributed by atoms with E-state index < -0.39 is 12.6 Å². The third-order valence-corrected chi connectivity index (χ3v) is 2.59. The second-order valence-corrected chi connectivity index (χ2v) is 4.54. The predicted molar refractivity (Wildman–Crippen MR) is 77.6 cm³/mol. The quantitative estimate of drug-likeness (QED) is 0.417. The van der Waals surface area contributed by atoms with Gasteiger partial charge < -0.3 is 19.8 Å². The first-order valence-corrected chi connectivity index (χ1v) is 7.20. The van der Waals surface area contributed by atoms with Crippen molar-refractivity contribution in [2.75, 3.05) is 26.2 Å². The maximum absolute atomic E-state index is 12.1. The fourth-order valence-electron chi connectivity index (χ4n) is 1.59. The number of nitrogens with zero attached hydrogens (tertiary/aromatic N) is 1. The van der Waals surface area contributed by atoms with Crippen molar-refractivity contribution in [3.8, 4) is 0 Å². The highest BCUT2D eigenvalue weighted by Crippen LogP contribution is 2.17. The van der Waals surface area contributed by atoms with E-state index in [0.717, 1.165) is 5.76 Å². The molecule has 0 amide bonds. The molecule has 0 aromatic carbocycles. The van der Waals surface area contributed by atoms with Gasteiger partial charge >= 0.3 is 6.18 Å². The molecule has 0 unspecified atom stereocenters. The number of ether oxygens (including phenoxy) is 1. The van der Waals surface area contributed by atoms with E-state index in [4.69, 9.17) is 9.15 Å². The topological polar surface area (TPSA) is 58.8 Å². The van der Waals surface area contributed by atoms with Crippen LogP contribution in [0, 0.1) is 0 Å². The first-order valence-electron chi connectivity index (χ1n) is 7.20. The van der Waals surface area contributed by atoms with Crippen molar-refractivity contribution in [3.63, 3.8) is 0 Å². The molecule has 0 bridgehead atoms. The molecular weight excluding hydrogens is 299 g/mol. The van der Waals surface area contributed by atoms with Crippen molar-refractivity contribution in [2.45, 2.75) is 32.5 Å². The Kier molecular flexibility index (Phi) is 8.42. The molecule has 0 saturated heterocycles. The molecule has 0 spiro atoms. The summed E-state index contributed by atoms with van der Waals surface area (Å²) in [5.74, 6) is 1.14. The Balaban J connectivity index is 2.15. The summed E-state index contributed by atoms with van der Waals surface area (Å²) < 4.78 is 46.7. The Labute approximate surface area is 127 Å². The van der Waals surface area contributed by atoms with E-state index in [1.807, 2.05) is 13.0 Å². The Morgan fingerprint density at radius 3 is 2.82 bits per heavy atom. The van der Waals surface area contributed by atoms with Gasteiger partial charge in [-0.05, 0) is 25.5 Å². The summed E-state index contributed by atoms with van der Waals surface area (Å²) in [4.78, 5) is 4.19. The molecule has 0 aliphatic rings.